The van der Waals surface area contributed by atoms with Crippen LogP contribution in [0.2, 0.25) is 0 Å². The second-order valence-electron chi connectivity index (χ2n) is 3.54. The minimum absolute atomic E-state index is 0.566. The van der Waals surface area contributed by atoms with E-state index in [-0.39, 0.29) is 0 Å². The molecule has 2 N–H and O–H groups in total. The van der Waals surface area contributed by atoms with Gasteiger partial charge in [0.05, 0.1) is 14.2 Å². The Kier molecular flexibility index (Phi) is 3.66. The minimum atomic E-state index is 0.566. The lowest BCUT2D eigenvalue weighted by Crippen LogP contribution is -1.91. The number of thiophene rings is 1. The quantitative estimate of drug-likeness (QED) is 0.906. The van der Waals surface area contributed by atoms with E-state index in [4.69, 9.17) is 15.2 Å². The molecule has 0 spiro atoms. The first-order valence-corrected chi connectivity index (χ1v) is 6.11. The summed E-state index contributed by atoms with van der Waals surface area (Å²) in [5, 5.41) is 0. The maximum absolute atomic E-state index is 5.62. The van der Waals surface area contributed by atoms with E-state index in [2.05, 4.69) is 6.07 Å². The van der Waals surface area contributed by atoms with Gasteiger partial charge in [0.1, 0.15) is 11.5 Å². The van der Waals surface area contributed by atoms with Gasteiger partial charge in [0.25, 0.3) is 0 Å². The van der Waals surface area contributed by atoms with Gasteiger partial charge < -0.3 is 15.2 Å². The van der Waals surface area contributed by atoms with Crippen LogP contribution in [0, 0.1) is 0 Å². The molecule has 3 nitrogen and oxygen atoms in total. The van der Waals surface area contributed by atoms with Gasteiger partial charge in [-0.2, -0.15) is 0 Å². The predicted octanol–water partition coefficient (Wildman–Crippen LogP) is 2.89. The Hall–Kier alpha value is -1.52. The molecule has 1 heterocycles. The summed E-state index contributed by atoms with van der Waals surface area (Å²) in [6.45, 7) is 0.566. The van der Waals surface area contributed by atoms with Crippen LogP contribution in [0.3, 0.4) is 0 Å². The molecular formula is C13H15NO2S. The van der Waals surface area contributed by atoms with Crippen LogP contribution in [0.4, 0.5) is 0 Å². The molecular weight excluding hydrogens is 234 g/mol. The predicted molar refractivity (Wildman–Crippen MR) is 70.8 cm³/mol. The highest BCUT2D eigenvalue weighted by atomic mass is 32.1. The Morgan fingerprint density at radius 1 is 1.12 bits per heavy atom. The van der Waals surface area contributed by atoms with Crippen LogP contribution in [0.25, 0.3) is 10.4 Å². The zero-order chi connectivity index (χ0) is 12.3. The zero-order valence-electron chi connectivity index (χ0n) is 9.90. The van der Waals surface area contributed by atoms with Crippen LogP contribution < -0.4 is 15.2 Å². The lowest BCUT2D eigenvalue weighted by molar-refractivity contribution is 0.404. The van der Waals surface area contributed by atoms with Crippen LogP contribution in [-0.4, -0.2) is 14.2 Å². The molecule has 0 fully saturated rings. The van der Waals surface area contributed by atoms with E-state index in [0.717, 1.165) is 26.8 Å². The smallest absolute Gasteiger partial charge is 0.127 e. The second-order valence-corrected chi connectivity index (χ2v) is 4.70. The first kappa shape index (κ1) is 12.0. The van der Waals surface area contributed by atoms with Gasteiger partial charge in [-0.3, -0.25) is 0 Å². The molecule has 0 aliphatic carbocycles. The average molecular weight is 249 g/mol. The minimum Gasteiger partial charge on any atom is -0.497 e. The third-order valence-electron chi connectivity index (χ3n) is 2.53. The molecule has 0 aliphatic rings. The summed E-state index contributed by atoms with van der Waals surface area (Å²) in [5.41, 5.74) is 6.66. The largest absolute Gasteiger partial charge is 0.497 e. The number of hydrogen-bond acceptors (Lipinski definition) is 4. The molecule has 0 saturated heterocycles. The van der Waals surface area contributed by atoms with Gasteiger partial charge in [0.15, 0.2) is 0 Å². The lowest BCUT2D eigenvalue weighted by atomic mass is 10.1. The standard InChI is InChI=1S/C13H15NO2S/c1-15-9-3-5-12(16-2)11(7-9)13-6-4-10(8-14)17-13/h3-7H,8,14H2,1-2H3. The van der Waals surface area contributed by atoms with Gasteiger partial charge in [0.2, 0.25) is 0 Å². The molecule has 0 bridgehead atoms. The van der Waals surface area contributed by atoms with Crippen molar-refractivity contribution in [3.05, 3.63) is 35.2 Å². The monoisotopic (exact) mass is 249 g/mol. The lowest BCUT2D eigenvalue weighted by Gasteiger charge is -2.08. The number of benzene rings is 1. The van der Waals surface area contributed by atoms with E-state index in [0.29, 0.717) is 6.54 Å². The number of hydrogen-bond donors (Lipinski definition) is 1. The molecule has 4 heteroatoms. The van der Waals surface area contributed by atoms with Crippen molar-refractivity contribution in [2.24, 2.45) is 5.73 Å². The molecule has 0 unspecified atom stereocenters. The van der Waals surface area contributed by atoms with E-state index < -0.39 is 0 Å². The summed E-state index contributed by atoms with van der Waals surface area (Å²) in [4.78, 5) is 2.30. The highest BCUT2D eigenvalue weighted by Crippen LogP contribution is 2.37. The van der Waals surface area contributed by atoms with Crippen LogP contribution in [-0.2, 0) is 6.54 Å². The van der Waals surface area contributed by atoms with Crippen molar-refractivity contribution in [1.29, 1.82) is 0 Å². The maximum atomic E-state index is 5.62. The number of nitrogens with two attached hydrogens (primary N) is 1. The third kappa shape index (κ3) is 2.43. The summed E-state index contributed by atoms with van der Waals surface area (Å²) in [7, 11) is 3.33. The molecule has 2 aromatic rings. The van der Waals surface area contributed by atoms with Gasteiger partial charge in [-0.05, 0) is 30.3 Å². The fourth-order valence-corrected chi connectivity index (χ4v) is 2.55. The third-order valence-corrected chi connectivity index (χ3v) is 3.68. The van der Waals surface area contributed by atoms with Gasteiger partial charge in [-0.25, -0.2) is 0 Å². The van der Waals surface area contributed by atoms with E-state index in [1.807, 2.05) is 24.3 Å². The summed E-state index contributed by atoms with van der Waals surface area (Å²) in [6.07, 6.45) is 0. The van der Waals surface area contributed by atoms with Crippen molar-refractivity contribution in [1.82, 2.24) is 0 Å². The Labute approximate surface area is 105 Å². The fourth-order valence-electron chi connectivity index (χ4n) is 1.64. The van der Waals surface area contributed by atoms with Gasteiger partial charge >= 0.3 is 0 Å². The van der Waals surface area contributed by atoms with Crippen molar-refractivity contribution < 1.29 is 9.47 Å². The van der Waals surface area contributed by atoms with Crippen LogP contribution in [0.15, 0.2) is 30.3 Å². The van der Waals surface area contributed by atoms with Crippen molar-refractivity contribution in [2.45, 2.75) is 6.54 Å². The number of ether oxygens (including phenoxy) is 2. The van der Waals surface area contributed by atoms with Crippen molar-refractivity contribution in [3.63, 3.8) is 0 Å². The molecule has 0 aliphatic heterocycles. The summed E-state index contributed by atoms with van der Waals surface area (Å²) < 4.78 is 10.6. The van der Waals surface area contributed by atoms with Crippen molar-refractivity contribution >= 4 is 11.3 Å². The van der Waals surface area contributed by atoms with E-state index in [1.165, 1.54) is 0 Å². The first-order valence-electron chi connectivity index (χ1n) is 5.29. The fraction of sp³-hybridized carbons (Fsp3) is 0.231. The van der Waals surface area contributed by atoms with Gasteiger partial charge in [-0.15, -0.1) is 11.3 Å². The topological polar surface area (TPSA) is 44.5 Å². The Morgan fingerprint density at radius 2 is 1.94 bits per heavy atom. The summed E-state index contributed by atoms with van der Waals surface area (Å²) in [6, 6.07) is 9.88. The Bertz CT molecular complexity index is 508. The summed E-state index contributed by atoms with van der Waals surface area (Å²) in [5.74, 6) is 1.67. The molecule has 17 heavy (non-hydrogen) atoms. The number of rotatable bonds is 4. The molecule has 0 amide bonds. The molecule has 0 atom stereocenters. The highest BCUT2D eigenvalue weighted by Gasteiger charge is 2.09. The molecule has 1 aromatic carbocycles. The maximum Gasteiger partial charge on any atom is 0.127 e. The normalized spacial score (nSPS) is 10.3. The molecule has 1 aromatic heterocycles. The van der Waals surface area contributed by atoms with Crippen molar-refractivity contribution in [2.75, 3.05) is 14.2 Å². The first-order chi connectivity index (χ1) is 8.28. The van der Waals surface area contributed by atoms with Crippen molar-refractivity contribution in [3.8, 4) is 21.9 Å². The van der Waals surface area contributed by atoms with Gasteiger partial charge in [0, 0.05) is 21.9 Å². The molecule has 2 rings (SSSR count). The van der Waals surface area contributed by atoms with Crippen LogP contribution in [0.5, 0.6) is 11.5 Å². The SMILES string of the molecule is COc1ccc(OC)c(-c2ccc(CN)s2)c1. The zero-order valence-corrected chi connectivity index (χ0v) is 10.7. The van der Waals surface area contributed by atoms with Crippen LogP contribution >= 0.6 is 11.3 Å². The average Bonchev–Trinajstić information content (AvgIpc) is 2.86. The Morgan fingerprint density at radius 3 is 2.53 bits per heavy atom. The molecule has 0 radical (unpaired) electrons. The highest BCUT2D eigenvalue weighted by molar-refractivity contribution is 7.15. The van der Waals surface area contributed by atoms with E-state index in [9.17, 15) is 0 Å². The van der Waals surface area contributed by atoms with Gasteiger partial charge in [-0.1, -0.05) is 0 Å². The molecule has 90 valence electrons. The summed E-state index contributed by atoms with van der Waals surface area (Å²) >= 11 is 1.67. The number of methoxy groups -OCH3 is 2. The van der Waals surface area contributed by atoms with E-state index >= 15 is 0 Å². The second kappa shape index (κ2) is 5.21. The molecule has 0 saturated carbocycles. The van der Waals surface area contributed by atoms with E-state index in [1.54, 1.807) is 25.6 Å². The van der Waals surface area contributed by atoms with Crippen LogP contribution in [0.1, 0.15) is 4.88 Å². The Balaban J connectivity index is 2.47.